The van der Waals surface area contributed by atoms with E-state index in [1.807, 2.05) is 80.6 Å². The first-order chi connectivity index (χ1) is 26.4. The summed E-state index contributed by atoms with van der Waals surface area (Å²) in [5.74, 6) is -0.488. The summed E-state index contributed by atoms with van der Waals surface area (Å²) in [6, 6.07) is 28.8. The van der Waals surface area contributed by atoms with Crippen LogP contribution in [-0.2, 0) is 36.7 Å². The van der Waals surface area contributed by atoms with Crippen LogP contribution in [0.5, 0.6) is 0 Å². The zero-order valence-corrected chi connectivity index (χ0v) is 32.9. The molecule has 11 nitrogen and oxygen atoms in total. The summed E-state index contributed by atoms with van der Waals surface area (Å²) in [5, 5.41) is 6.01. The smallest absolute Gasteiger partial charge is 0.413 e. The molecule has 55 heavy (non-hydrogen) atoms. The van der Waals surface area contributed by atoms with Gasteiger partial charge in [-0.15, -0.1) is 0 Å². The number of thiazole rings is 1. The van der Waals surface area contributed by atoms with Gasteiger partial charge in [0.15, 0.2) is 11.4 Å². The third-order valence-electron chi connectivity index (χ3n) is 9.26. The molecule has 0 fully saturated rings. The number of hydrogen-bond donors (Lipinski definition) is 2. The molecule has 1 heterocycles. The summed E-state index contributed by atoms with van der Waals surface area (Å²) >= 11 is 1.30. The number of anilines is 1. The normalized spacial score (nSPS) is 13.4. The first-order valence-corrected chi connectivity index (χ1v) is 19.2. The van der Waals surface area contributed by atoms with Gasteiger partial charge in [0, 0.05) is 32.6 Å². The summed E-state index contributed by atoms with van der Waals surface area (Å²) in [6.07, 6.45) is -1.82. The van der Waals surface area contributed by atoms with E-state index in [1.165, 1.54) is 18.4 Å². The highest BCUT2D eigenvalue weighted by Crippen LogP contribution is 2.44. The van der Waals surface area contributed by atoms with E-state index >= 15 is 0 Å². The van der Waals surface area contributed by atoms with Gasteiger partial charge in [-0.2, -0.15) is 0 Å². The standard InChI is InChI=1S/C43H48N4O7S/c1-7-52-37(51-6)25-47(24-29-13-12-18-36-38(29)45-40(55-36)46-42(50)54-43(3,4)5)39(48)35(23-28-21-19-27(2)20-22-28)44-41(49)53-26-34-32-16-10-8-14-30(32)31-15-9-11-17-33(31)34/h8-22,34-35,37H,7,23-26H2,1-6H3,(H,44,49)(H,45,46,50)/t35-,37?/m0/s1. The Morgan fingerprint density at radius 1 is 0.891 bits per heavy atom. The third-order valence-corrected chi connectivity index (χ3v) is 10.2. The molecule has 6 rings (SSSR count). The molecule has 1 aromatic heterocycles. The van der Waals surface area contributed by atoms with Crippen molar-refractivity contribution in [2.24, 2.45) is 0 Å². The highest BCUT2D eigenvalue weighted by Gasteiger charge is 2.32. The first kappa shape index (κ1) is 39.4. The number of methoxy groups -OCH3 is 1. The molecule has 12 heteroatoms. The van der Waals surface area contributed by atoms with Gasteiger partial charge < -0.3 is 29.2 Å². The lowest BCUT2D eigenvalue weighted by atomic mass is 9.98. The van der Waals surface area contributed by atoms with Crippen LogP contribution < -0.4 is 10.6 Å². The number of amides is 3. The average molecular weight is 765 g/mol. The van der Waals surface area contributed by atoms with E-state index in [0.29, 0.717) is 17.3 Å². The Balaban J connectivity index is 1.26. The van der Waals surface area contributed by atoms with Crippen molar-refractivity contribution in [3.05, 3.63) is 119 Å². The number of hydrogen-bond acceptors (Lipinski definition) is 9. The highest BCUT2D eigenvalue weighted by molar-refractivity contribution is 7.22. The molecule has 1 aliphatic rings. The maximum atomic E-state index is 14.8. The van der Waals surface area contributed by atoms with Crippen LogP contribution in [0.3, 0.4) is 0 Å². The van der Waals surface area contributed by atoms with Crippen molar-refractivity contribution < 1.29 is 33.3 Å². The molecule has 2 N–H and O–H groups in total. The fraction of sp³-hybridized carbons (Fsp3) is 0.349. The second kappa shape index (κ2) is 17.4. The molecular weight excluding hydrogens is 717 g/mol. The quantitative estimate of drug-likeness (QED) is 0.108. The Kier molecular flexibility index (Phi) is 12.5. The molecule has 0 aliphatic heterocycles. The first-order valence-electron chi connectivity index (χ1n) is 18.4. The highest BCUT2D eigenvalue weighted by atomic mass is 32.1. The minimum atomic E-state index is -0.989. The van der Waals surface area contributed by atoms with Gasteiger partial charge in [-0.25, -0.2) is 14.6 Å². The average Bonchev–Trinajstić information content (AvgIpc) is 3.71. The summed E-state index contributed by atoms with van der Waals surface area (Å²) in [7, 11) is 1.53. The van der Waals surface area contributed by atoms with Crippen molar-refractivity contribution in [3.8, 4) is 11.1 Å². The fourth-order valence-corrected chi connectivity index (χ4v) is 7.64. The van der Waals surface area contributed by atoms with Crippen molar-refractivity contribution in [2.45, 2.75) is 71.4 Å². The zero-order valence-electron chi connectivity index (χ0n) is 32.1. The number of carbonyl (C=O) groups excluding carboxylic acids is 3. The van der Waals surface area contributed by atoms with Gasteiger partial charge in [0.25, 0.3) is 0 Å². The van der Waals surface area contributed by atoms with Gasteiger partial charge in [0.1, 0.15) is 18.2 Å². The fourth-order valence-electron chi connectivity index (χ4n) is 6.74. The predicted molar refractivity (Wildman–Crippen MR) is 214 cm³/mol. The number of alkyl carbamates (subject to hydrolysis) is 1. The second-order valence-electron chi connectivity index (χ2n) is 14.5. The Hall–Kier alpha value is -5.30. The Labute approximate surface area is 326 Å². The Bertz CT molecular complexity index is 2080. The molecular formula is C43H48N4O7S. The third kappa shape index (κ3) is 9.88. The van der Waals surface area contributed by atoms with Crippen molar-refractivity contribution >= 4 is 44.8 Å². The number of ether oxygens (including phenoxy) is 4. The van der Waals surface area contributed by atoms with Crippen molar-refractivity contribution in [2.75, 3.05) is 32.2 Å². The number of fused-ring (bicyclic) bond motifs is 4. The largest absolute Gasteiger partial charge is 0.449 e. The van der Waals surface area contributed by atoms with Gasteiger partial charge in [-0.3, -0.25) is 10.1 Å². The van der Waals surface area contributed by atoms with E-state index in [1.54, 1.807) is 25.7 Å². The predicted octanol–water partition coefficient (Wildman–Crippen LogP) is 8.44. The van der Waals surface area contributed by atoms with Gasteiger partial charge in [0.05, 0.1) is 16.8 Å². The van der Waals surface area contributed by atoms with Crippen molar-refractivity contribution in [3.63, 3.8) is 0 Å². The topological polar surface area (TPSA) is 128 Å². The van der Waals surface area contributed by atoms with E-state index in [-0.39, 0.29) is 37.9 Å². The van der Waals surface area contributed by atoms with Crippen LogP contribution in [0.4, 0.5) is 14.7 Å². The van der Waals surface area contributed by atoms with Gasteiger partial charge in [0.2, 0.25) is 5.91 Å². The number of rotatable bonds is 14. The number of aryl methyl sites for hydroxylation is 1. The van der Waals surface area contributed by atoms with E-state index in [2.05, 4.69) is 34.9 Å². The molecule has 0 saturated carbocycles. The van der Waals surface area contributed by atoms with Crippen LogP contribution in [0, 0.1) is 6.92 Å². The lowest BCUT2D eigenvalue weighted by Gasteiger charge is -2.31. The molecule has 0 bridgehead atoms. The molecule has 0 saturated heterocycles. The number of aromatic nitrogens is 1. The number of para-hydroxylation sites is 1. The summed E-state index contributed by atoms with van der Waals surface area (Å²) < 4.78 is 23.6. The molecule has 3 amide bonds. The van der Waals surface area contributed by atoms with Crippen LogP contribution in [0.15, 0.2) is 91.0 Å². The van der Waals surface area contributed by atoms with Gasteiger partial charge in [-0.05, 0) is 74.1 Å². The van der Waals surface area contributed by atoms with Crippen molar-refractivity contribution in [1.29, 1.82) is 0 Å². The van der Waals surface area contributed by atoms with Crippen molar-refractivity contribution in [1.82, 2.24) is 15.2 Å². The molecule has 1 aliphatic carbocycles. The maximum absolute atomic E-state index is 14.8. The molecule has 1 unspecified atom stereocenters. The maximum Gasteiger partial charge on any atom is 0.413 e. The van der Waals surface area contributed by atoms with E-state index < -0.39 is 30.1 Å². The lowest BCUT2D eigenvalue weighted by Crippen LogP contribution is -2.51. The molecule has 4 aromatic carbocycles. The molecule has 2 atom stereocenters. The monoisotopic (exact) mass is 764 g/mol. The van der Waals surface area contributed by atoms with Crippen LogP contribution in [0.1, 0.15) is 61.4 Å². The van der Waals surface area contributed by atoms with Crippen LogP contribution in [0.2, 0.25) is 0 Å². The lowest BCUT2D eigenvalue weighted by molar-refractivity contribution is -0.153. The zero-order chi connectivity index (χ0) is 39.1. The molecule has 288 valence electrons. The van der Waals surface area contributed by atoms with Gasteiger partial charge >= 0.3 is 12.2 Å². The Morgan fingerprint density at radius 2 is 1.56 bits per heavy atom. The molecule has 0 radical (unpaired) electrons. The SMILES string of the molecule is CCOC(CN(Cc1cccc2sc(NC(=O)OC(C)(C)C)nc12)C(=O)[C@H](Cc1ccc(C)cc1)NC(=O)OCC1c2ccccc2-c2ccccc21)OC. The molecule has 0 spiro atoms. The summed E-state index contributed by atoms with van der Waals surface area (Å²) in [5.41, 5.74) is 7.08. The number of benzene rings is 4. The van der Waals surface area contributed by atoms with E-state index in [0.717, 1.165) is 43.6 Å². The van der Waals surface area contributed by atoms with Gasteiger partial charge in [-0.1, -0.05) is 102 Å². The van der Waals surface area contributed by atoms with Crippen LogP contribution in [0.25, 0.3) is 21.3 Å². The van der Waals surface area contributed by atoms with Crippen LogP contribution >= 0.6 is 11.3 Å². The minimum Gasteiger partial charge on any atom is -0.449 e. The number of nitrogens with zero attached hydrogens (tertiary/aromatic N) is 2. The summed E-state index contributed by atoms with van der Waals surface area (Å²) in [4.78, 5) is 47.3. The second-order valence-corrected chi connectivity index (χ2v) is 15.5. The number of nitrogens with one attached hydrogen (secondary N) is 2. The molecule has 5 aromatic rings. The Morgan fingerprint density at radius 3 is 2.20 bits per heavy atom. The minimum absolute atomic E-state index is 0.0729. The van der Waals surface area contributed by atoms with E-state index in [4.69, 9.17) is 23.9 Å². The van der Waals surface area contributed by atoms with E-state index in [9.17, 15) is 14.4 Å². The van der Waals surface area contributed by atoms with Crippen LogP contribution in [-0.4, -0.2) is 72.8 Å². The summed E-state index contributed by atoms with van der Waals surface area (Å²) in [6.45, 7) is 9.89. The number of carbonyl (C=O) groups is 3.